The van der Waals surface area contributed by atoms with E-state index in [0.29, 0.717) is 6.42 Å². The van der Waals surface area contributed by atoms with Crippen LogP contribution in [0.15, 0.2) is 0 Å². The Morgan fingerprint density at radius 3 is 2.69 bits per heavy atom. The van der Waals surface area contributed by atoms with Crippen LogP contribution in [0.4, 0.5) is 4.79 Å². The maximum atomic E-state index is 11.7. The van der Waals surface area contributed by atoms with Crippen LogP contribution in [0.1, 0.15) is 26.7 Å². The fraction of sp³-hybridized carbons (Fsp3) is 0.700. The van der Waals surface area contributed by atoms with Gasteiger partial charge in [0.15, 0.2) is 0 Å². The van der Waals surface area contributed by atoms with Crippen molar-refractivity contribution in [3.63, 3.8) is 0 Å². The van der Waals surface area contributed by atoms with Gasteiger partial charge in [0.05, 0.1) is 6.61 Å². The van der Waals surface area contributed by atoms with Gasteiger partial charge in [-0.05, 0) is 13.3 Å². The van der Waals surface area contributed by atoms with Crippen LogP contribution in [-0.2, 0) is 14.3 Å². The summed E-state index contributed by atoms with van der Waals surface area (Å²) in [5, 5.41) is 2.53. The number of nitrogens with one attached hydrogen (secondary N) is 1. The van der Waals surface area contributed by atoms with E-state index in [1.54, 1.807) is 6.92 Å². The SMILES string of the molecule is CCCC1NC(=O)N(CC(=O)OCC)C1=O. The Morgan fingerprint density at radius 1 is 1.44 bits per heavy atom. The van der Waals surface area contributed by atoms with Crippen LogP contribution in [0.3, 0.4) is 0 Å². The van der Waals surface area contributed by atoms with Gasteiger partial charge in [0.2, 0.25) is 0 Å². The molecule has 1 unspecified atom stereocenters. The summed E-state index contributed by atoms with van der Waals surface area (Å²) in [6.45, 7) is 3.52. The second-order valence-electron chi connectivity index (χ2n) is 3.52. The number of rotatable bonds is 5. The van der Waals surface area contributed by atoms with E-state index < -0.39 is 18.0 Å². The molecule has 90 valence electrons. The standard InChI is InChI=1S/C10H16N2O4/c1-3-5-7-9(14)12(10(15)11-7)6-8(13)16-4-2/h7H,3-6H2,1-2H3,(H,11,15). The Morgan fingerprint density at radius 2 is 2.12 bits per heavy atom. The lowest BCUT2D eigenvalue weighted by Gasteiger charge is -2.11. The normalized spacial score (nSPS) is 19.9. The minimum atomic E-state index is -0.567. The van der Waals surface area contributed by atoms with E-state index in [9.17, 15) is 14.4 Å². The summed E-state index contributed by atoms with van der Waals surface area (Å²) in [6.07, 6.45) is 1.38. The number of hydrogen-bond donors (Lipinski definition) is 1. The molecule has 1 saturated heterocycles. The van der Waals surface area contributed by atoms with Gasteiger partial charge < -0.3 is 10.1 Å². The van der Waals surface area contributed by atoms with E-state index >= 15 is 0 Å². The van der Waals surface area contributed by atoms with E-state index in [1.165, 1.54) is 0 Å². The maximum Gasteiger partial charge on any atom is 0.326 e. The van der Waals surface area contributed by atoms with Gasteiger partial charge in [0.1, 0.15) is 12.6 Å². The van der Waals surface area contributed by atoms with Crippen molar-refractivity contribution >= 4 is 17.9 Å². The molecule has 0 bridgehead atoms. The lowest BCUT2D eigenvalue weighted by atomic mass is 10.2. The second kappa shape index (κ2) is 5.48. The molecule has 0 aromatic heterocycles. The van der Waals surface area contributed by atoms with Crippen LogP contribution in [-0.4, -0.2) is 42.0 Å². The van der Waals surface area contributed by atoms with E-state index in [2.05, 4.69) is 10.1 Å². The highest BCUT2D eigenvalue weighted by molar-refractivity contribution is 6.06. The van der Waals surface area contributed by atoms with Gasteiger partial charge >= 0.3 is 12.0 Å². The summed E-state index contributed by atoms with van der Waals surface area (Å²) in [4.78, 5) is 35.1. The van der Waals surface area contributed by atoms with Crippen LogP contribution < -0.4 is 5.32 Å². The van der Waals surface area contributed by atoms with Gasteiger partial charge in [-0.2, -0.15) is 0 Å². The van der Waals surface area contributed by atoms with Crippen LogP contribution in [0.25, 0.3) is 0 Å². The average Bonchev–Trinajstić information content (AvgIpc) is 2.47. The van der Waals surface area contributed by atoms with Gasteiger partial charge in [-0.25, -0.2) is 4.79 Å². The number of carbonyl (C=O) groups excluding carboxylic acids is 3. The number of esters is 1. The predicted molar refractivity (Wildman–Crippen MR) is 55.6 cm³/mol. The molecule has 0 spiro atoms. The molecule has 1 N–H and O–H groups in total. The minimum Gasteiger partial charge on any atom is -0.465 e. The highest BCUT2D eigenvalue weighted by Crippen LogP contribution is 2.10. The molecule has 0 aromatic rings. The summed E-state index contributed by atoms with van der Waals surface area (Å²) in [5.74, 6) is -0.914. The molecule has 1 rings (SSSR count). The maximum absolute atomic E-state index is 11.7. The molecular weight excluding hydrogens is 212 g/mol. The third-order valence-corrected chi connectivity index (χ3v) is 2.28. The third kappa shape index (κ3) is 2.71. The molecular formula is C10H16N2O4. The van der Waals surface area contributed by atoms with Crippen molar-refractivity contribution in [2.75, 3.05) is 13.2 Å². The molecule has 0 aromatic carbocycles. The molecule has 1 heterocycles. The fourth-order valence-corrected chi connectivity index (χ4v) is 1.55. The van der Waals surface area contributed by atoms with E-state index in [1.807, 2.05) is 6.92 Å². The molecule has 1 aliphatic rings. The van der Waals surface area contributed by atoms with Crippen LogP contribution in [0.5, 0.6) is 0 Å². The Balaban J connectivity index is 2.57. The molecule has 6 heteroatoms. The van der Waals surface area contributed by atoms with E-state index in [-0.39, 0.29) is 19.1 Å². The summed E-state index contributed by atoms with van der Waals surface area (Å²) in [5.41, 5.74) is 0. The largest absolute Gasteiger partial charge is 0.465 e. The molecule has 1 atom stereocenters. The lowest BCUT2D eigenvalue weighted by Crippen LogP contribution is -2.36. The molecule has 16 heavy (non-hydrogen) atoms. The van der Waals surface area contributed by atoms with Crippen molar-refractivity contribution in [1.82, 2.24) is 10.2 Å². The summed E-state index contributed by atoms with van der Waals surface area (Å²) >= 11 is 0. The molecule has 0 saturated carbocycles. The minimum absolute atomic E-state index is 0.237. The lowest BCUT2D eigenvalue weighted by molar-refractivity contribution is -0.146. The topological polar surface area (TPSA) is 75.7 Å². The third-order valence-electron chi connectivity index (χ3n) is 2.28. The summed E-state index contributed by atoms with van der Waals surface area (Å²) in [6, 6.07) is -1.01. The van der Waals surface area contributed by atoms with Crippen LogP contribution >= 0.6 is 0 Å². The Hall–Kier alpha value is -1.59. The first-order valence-corrected chi connectivity index (χ1v) is 5.37. The number of amides is 3. The van der Waals surface area contributed by atoms with Gasteiger partial charge in [-0.3, -0.25) is 14.5 Å². The molecule has 6 nitrogen and oxygen atoms in total. The highest BCUT2D eigenvalue weighted by Gasteiger charge is 2.38. The smallest absolute Gasteiger partial charge is 0.326 e. The van der Waals surface area contributed by atoms with Crippen molar-refractivity contribution in [3.8, 4) is 0 Å². The van der Waals surface area contributed by atoms with Gasteiger partial charge in [0, 0.05) is 0 Å². The number of imide groups is 1. The van der Waals surface area contributed by atoms with Crippen molar-refractivity contribution in [3.05, 3.63) is 0 Å². The Labute approximate surface area is 93.9 Å². The van der Waals surface area contributed by atoms with Gasteiger partial charge in [-0.1, -0.05) is 13.3 Å². The van der Waals surface area contributed by atoms with Crippen molar-refractivity contribution in [1.29, 1.82) is 0 Å². The molecule has 0 radical (unpaired) electrons. The first-order chi connectivity index (χ1) is 7.60. The number of carbonyl (C=O) groups is 3. The monoisotopic (exact) mass is 228 g/mol. The van der Waals surface area contributed by atoms with E-state index in [0.717, 1.165) is 11.3 Å². The highest BCUT2D eigenvalue weighted by atomic mass is 16.5. The van der Waals surface area contributed by atoms with Crippen molar-refractivity contribution in [2.24, 2.45) is 0 Å². The number of hydrogen-bond acceptors (Lipinski definition) is 4. The van der Waals surface area contributed by atoms with Crippen LogP contribution in [0.2, 0.25) is 0 Å². The second-order valence-corrected chi connectivity index (χ2v) is 3.52. The number of nitrogens with zero attached hydrogens (tertiary/aromatic N) is 1. The van der Waals surface area contributed by atoms with E-state index in [4.69, 9.17) is 0 Å². The zero-order valence-corrected chi connectivity index (χ0v) is 9.49. The molecule has 0 aliphatic carbocycles. The first kappa shape index (κ1) is 12.5. The molecule has 3 amide bonds. The molecule has 1 aliphatic heterocycles. The average molecular weight is 228 g/mol. The zero-order valence-electron chi connectivity index (χ0n) is 9.49. The Kier molecular flexibility index (Phi) is 4.28. The number of ether oxygens (including phenoxy) is 1. The molecule has 1 fully saturated rings. The first-order valence-electron chi connectivity index (χ1n) is 5.37. The Bertz CT molecular complexity index is 303. The van der Waals surface area contributed by atoms with Crippen LogP contribution in [0, 0.1) is 0 Å². The fourth-order valence-electron chi connectivity index (χ4n) is 1.55. The van der Waals surface area contributed by atoms with Gasteiger partial charge in [0.25, 0.3) is 5.91 Å². The van der Waals surface area contributed by atoms with Gasteiger partial charge in [-0.15, -0.1) is 0 Å². The summed E-state index contributed by atoms with van der Waals surface area (Å²) < 4.78 is 4.68. The summed E-state index contributed by atoms with van der Waals surface area (Å²) in [7, 11) is 0. The predicted octanol–water partition coefficient (Wildman–Crippen LogP) is 0.270. The number of urea groups is 1. The zero-order chi connectivity index (χ0) is 12.1. The quantitative estimate of drug-likeness (QED) is 0.541. The van der Waals surface area contributed by atoms with Crippen molar-refractivity contribution in [2.45, 2.75) is 32.7 Å². The van der Waals surface area contributed by atoms with Crippen molar-refractivity contribution < 1.29 is 19.1 Å².